The Morgan fingerprint density at radius 3 is 2.90 bits per heavy atom. The number of aliphatic imine (C=N–C) groups is 1. The van der Waals surface area contributed by atoms with Crippen molar-refractivity contribution in [1.82, 2.24) is 0 Å². The molecule has 50 valence electrons. The van der Waals surface area contributed by atoms with Crippen molar-refractivity contribution in [2.45, 2.75) is 6.04 Å². The minimum Gasteiger partial charge on any atom is -0.284 e. The van der Waals surface area contributed by atoms with E-state index in [0.717, 1.165) is 5.57 Å². The summed E-state index contributed by atoms with van der Waals surface area (Å²) in [6.45, 7) is 3.90. The Bertz CT molecular complexity index is 243. The summed E-state index contributed by atoms with van der Waals surface area (Å²) in [4.78, 5) is 4.28. The van der Waals surface area contributed by atoms with E-state index in [1.54, 1.807) is 0 Å². The van der Waals surface area contributed by atoms with Gasteiger partial charge < -0.3 is 0 Å². The standard InChI is InChI=1S/C9H9N/c1-7-6-10-9-5-3-2-4-8(7)9/h2-6,8-9H,1H2. The van der Waals surface area contributed by atoms with E-state index in [2.05, 4.69) is 29.8 Å². The fourth-order valence-electron chi connectivity index (χ4n) is 1.35. The molecule has 0 bridgehead atoms. The zero-order chi connectivity index (χ0) is 6.97. The number of hydrogen-bond acceptors (Lipinski definition) is 1. The van der Waals surface area contributed by atoms with Crippen molar-refractivity contribution in [3.05, 3.63) is 36.5 Å². The van der Waals surface area contributed by atoms with Gasteiger partial charge in [-0.25, -0.2) is 0 Å². The molecule has 2 atom stereocenters. The molecule has 2 rings (SSSR count). The highest BCUT2D eigenvalue weighted by molar-refractivity contribution is 5.82. The second-order valence-corrected chi connectivity index (χ2v) is 2.64. The van der Waals surface area contributed by atoms with Crippen molar-refractivity contribution < 1.29 is 0 Å². The van der Waals surface area contributed by atoms with Gasteiger partial charge in [0, 0.05) is 12.1 Å². The fraction of sp³-hybridized carbons (Fsp3) is 0.222. The molecule has 10 heavy (non-hydrogen) atoms. The Morgan fingerprint density at radius 2 is 2.10 bits per heavy atom. The molecule has 2 unspecified atom stereocenters. The van der Waals surface area contributed by atoms with Crippen molar-refractivity contribution in [1.29, 1.82) is 0 Å². The Morgan fingerprint density at radius 1 is 1.30 bits per heavy atom. The van der Waals surface area contributed by atoms with E-state index >= 15 is 0 Å². The topological polar surface area (TPSA) is 12.4 Å². The highest BCUT2D eigenvalue weighted by Crippen LogP contribution is 2.26. The van der Waals surface area contributed by atoms with Gasteiger partial charge in [0.15, 0.2) is 0 Å². The van der Waals surface area contributed by atoms with Gasteiger partial charge >= 0.3 is 0 Å². The number of nitrogens with zero attached hydrogens (tertiary/aromatic N) is 1. The Balaban J connectivity index is 2.34. The highest BCUT2D eigenvalue weighted by atomic mass is 14.8. The van der Waals surface area contributed by atoms with E-state index in [4.69, 9.17) is 0 Å². The quantitative estimate of drug-likeness (QED) is 0.475. The lowest BCUT2D eigenvalue weighted by atomic mass is 9.93. The zero-order valence-corrected chi connectivity index (χ0v) is 5.70. The highest BCUT2D eigenvalue weighted by Gasteiger charge is 2.23. The van der Waals surface area contributed by atoms with Gasteiger partial charge in [0.1, 0.15) is 0 Å². The van der Waals surface area contributed by atoms with Gasteiger partial charge in [0.05, 0.1) is 6.04 Å². The maximum absolute atomic E-state index is 4.28. The molecule has 1 aliphatic heterocycles. The van der Waals surface area contributed by atoms with Crippen molar-refractivity contribution in [2.75, 3.05) is 0 Å². The summed E-state index contributed by atoms with van der Waals surface area (Å²) in [5, 5.41) is 0. The lowest BCUT2D eigenvalue weighted by Gasteiger charge is -2.13. The third kappa shape index (κ3) is 0.670. The van der Waals surface area contributed by atoms with Crippen LogP contribution in [0.4, 0.5) is 0 Å². The number of hydrogen-bond donors (Lipinski definition) is 0. The summed E-state index contributed by atoms with van der Waals surface area (Å²) in [6, 6.07) is 0.345. The number of fused-ring (bicyclic) bond motifs is 1. The molecular weight excluding hydrogens is 122 g/mol. The zero-order valence-electron chi connectivity index (χ0n) is 5.70. The van der Waals surface area contributed by atoms with Gasteiger partial charge in [-0.1, -0.05) is 30.9 Å². The lowest BCUT2D eigenvalue weighted by molar-refractivity contribution is 0.706. The molecule has 1 aliphatic carbocycles. The Hall–Kier alpha value is -1.11. The molecule has 1 heteroatoms. The van der Waals surface area contributed by atoms with Crippen LogP contribution in [0.2, 0.25) is 0 Å². The first-order valence-electron chi connectivity index (χ1n) is 3.45. The molecule has 0 fully saturated rings. The van der Waals surface area contributed by atoms with E-state index < -0.39 is 0 Å². The molecule has 0 N–H and O–H groups in total. The molecule has 2 aliphatic rings. The second-order valence-electron chi connectivity index (χ2n) is 2.64. The maximum atomic E-state index is 4.28. The van der Waals surface area contributed by atoms with Crippen LogP contribution in [0.1, 0.15) is 0 Å². The minimum atomic E-state index is 0.345. The van der Waals surface area contributed by atoms with Crippen LogP contribution in [-0.4, -0.2) is 12.3 Å². The summed E-state index contributed by atoms with van der Waals surface area (Å²) >= 11 is 0. The molecule has 0 spiro atoms. The van der Waals surface area contributed by atoms with Gasteiger partial charge in [0.2, 0.25) is 0 Å². The second kappa shape index (κ2) is 1.94. The third-order valence-corrected chi connectivity index (χ3v) is 1.95. The molecule has 0 amide bonds. The smallest absolute Gasteiger partial charge is 0.0786 e. The monoisotopic (exact) mass is 131 g/mol. The molecule has 1 nitrogen and oxygen atoms in total. The predicted octanol–water partition coefficient (Wildman–Crippen LogP) is 1.74. The molecule has 0 aromatic carbocycles. The summed E-state index contributed by atoms with van der Waals surface area (Å²) in [5.74, 6) is 0.449. The summed E-state index contributed by atoms with van der Waals surface area (Å²) in [5.41, 5.74) is 1.13. The summed E-state index contributed by atoms with van der Waals surface area (Å²) < 4.78 is 0. The van der Waals surface area contributed by atoms with Crippen LogP contribution in [0, 0.1) is 5.92 Å². The SMILES string of the molecule is C=C1C=NC2C=CC=CC12. The van der Waals surface area contributed by atoms with E-state index in [1.165, 1.54) is 0 Å². The van der Waals surface area contributed by atoms with Crippen LogP contribution in [0.25, 0.3) is 0 Å². The first-order chi connectivity index (χ1) is 4.88. The molecule has 1 heterocycles. The summed E-state index contributed by atoms with van der Waals surface area (Å²) in [7, 11) is 0. The van der Waals surface area contributed by atoms with Crippen molar-refractivity contribution in [3.8, 4) is 0 Å². The van der Waals surface area contributed by atoms with E-state index in [0.29, 0.717) is 12.0 Å². The number of rotatable bonds is 0. The van der Waals surface area contributed by atoms with Crippen LogP contribution in [0.5, 0.6) is 0 Å². The first-order valence-corrected chi connectivity index (χ1v) is 3.45. The Kier molecular flexibility index (Phi) is 1.10. The van der Waals surface area contributed by atoms with Gasteiger partial charge in [-0.15, -0.1) is 0 Å². The molecule has 0 saturated heterocycles. The van der Waals surface area contributed by atoms with Crippen molar-refractivity contribution in [2.24, 2.45) is 10.9 Å². The van der Waals surface area contributed by atoms with Gasteiger partial charge in [0.25, 0.3) is 0 Å². The Labute approximate surface area is 60.5 Å². The van der Waals surface area contributed by atoms with Crippen molar-refractivity contribution in [3.63, 3.8) is 0 Å². The van der Waals surface area contributed by atoms with Crippen LogP contribution in [0.3, 0.4) is 0 Å². The third-order valence-electron chi connectivity index (χ3n) is 1.95. The van der Waals surface area contributed by atoms with Crippen LogP contribution >= 0.6 is 0 Å². The molecule has 0 radical (unpaired) electrons. The predicted molar refractivity (Wildman–Crippen MR) is 43.2 cm³/mol. The number of allylic oxidation sites excluding steroid dienone is 2. The molecule has 0 aromatic rings. The maximum Gasteiger partial charge on any atom is 0.0786 e. The molecule has 0 saturated carbocycles. The normalized spacial score (nSPS) is 35.0. The molecular formula is C9H9N. The van der Waals surface area contributed by atoms with Gasteiger partial charge in [-0.3, -0.25) is 4.99 Å². The van der Waals surface area contributed by atoms with Crippen molar-refractivity contribution >= 4 is 6.21 Å². The van der Waals surface area contributed by atoms with E-state index in [-0.39, 0.29) is 0 Å². The minimum absolute atomic E-state index is 0.345. The molecule has 0 aromatic heterocycles. The lowest BCUT2D eigenvalue weighted by Crippen LogP contribution is -2.11. The van der Waals surface area contributed by atoms with Crippen LogP contribution in [-0.2, 0) is 0 Å². The average molecular weight is 131 g/mol. The van der Waals surface area contributed by atoms with E-state index in [9.17, 15) is 0 Å². The van der Waals surface area contributed by atoms with E-state index in [1.807, 2.05) is 12.3 Å². The first kappa shape index (κ1) is 5.66. The fourth-order valence-corrected chi connectivity index (χ4v) is 1.35. The van der Waals surface area contributed by atoms with Gasteiger partial charge in [-0.2, -0.15) is 0 Å². The average Bonchev–Trinajstić information content (AvgIpc) is 2.34. The van der Waals surface area contributed by atoms with Gasteiger partial charge in [-0.05, 0) is 5.57 Å². The van der Waals surface area contributed by atoms with Crippen LogP contribution in [0.15, 0.2) is 41.4 Å². The largest absolute Gasteiger partial charge is 0.284 e. The van der Waals surface area contributed by atoms with Crippen LogP contribution < -0.4 is 0 Å². The summed E-state index contributed by atoms with van der Waals surface area (Å²) in [6.07, 6.45) is 10.2.